The van der Waals surface area contributed by atoms with Crippen molar-refractivity contribution >= 4 is 5.69 Å². The molecular formula is C10H16N2O. The van der Waals surface area contributed by atoms with Crippen LogP contribution in [0.25, 0.3) is 0 Å². The first-order valence-electron chi connectivity index (χ1n) is 4.42. The molecule has 72 valence electrons. The molecule has 3 nitrogen and oxygen atoms in total. The summed E-state index contributed by atoms with van der Waals surface area (Å²) in [6.45, 7) is 1.97. The van der Waals surface area contributed by atoms with Gasteiger partial charge >= 0.3 is 0 Å². The van der Waals surface area contributed by atoms with Gasteiger partial charge in [-0.1, -0.05) is 6.07 Å². The molecule has 13 heavy (non-hydrogen) atoms. The van der Waals surface area contributed by atoms with Gasteiger partial charge in [-0.15, -0.1) is 0 Å². The van der Waals surface area contributed by atoms with E-state index in [4.69, 9.17) is 16.6 Å². The van der Waals surface area contributed by atoms with Crippen LogP contribution in [0.3, 0.4) is 0 Å². The Hall–Kier alpha value is -1.22. The minimum Gasteiger partial charge on any atom is -0.508 e. The van der Waals surface area contributed by atoms with Gasteiger partial charge in [-0.05, 0) is 31.4 Å². The van der Waals surface area contributed by atoms with E-state index in [-0.39, 0.29) is 11.8 Å². The second kappa shape index (κ2) is 4.14. The van der Waals surface area contributed by atoms with Crippen LogP contribution in [0.5, 0.6) is 5.75 Å². The maximum Gasteiger partial charge on any atom is 0.117 e. The molecule has 0 bridgehead atoms. The Balaban J connectivity index is 2.67. The van der Waals surface area contributed by atoms with Gasteiger partial charge in [0.25, 0.3) is 0 Å². The van der Waals surface area contributed by atoms with Crippen LogP contribution < -0.4 is 11.5 Å². The first-order valence-corrected chi connectivity index (χ1v) is 4.42. The molecular weight excluding hydrogens is 164 g/mol. The van der Waals surface area contributed by atoms with Crippen molar-refractivity contribution in [2.45, 2.75) is 25.8 Å². The van der Waals surface area contributed by atoms with E-state index in [2.05, 4.69) is 0 Å². The highest BCUT2D eigenvalue weighted by molar-refractivity contribution is 5.50. The van der Waals surface area contributed by atoms with Gasteiger partial charge in [0.1, 0.15) is 5.75 Å². The number of benzene rings is 1. The second-order valence-corrected chi connectivity index (χ2v) is 3.40. The lowest BCUT2D eigenvalue weighted by Gasteiger charge is -2.07. The number of nitrogens with two attached hydrogens (primary N) is 2. The van der Waals surface area contributed by atoms with Crippen molar-refractivity contribution in [1.29, 1.82) is 0 Å². The molecule has 0 saturated carbocycles. The van der Waals surface area contributed by atoms with Crippen molar-refractivity contribution in [3.05, 3.63) is 23.8 Å². The van der Waals surface area contributed by atoms with E-state index >= 15 is 0 Å². The number of aryl methyl sites for hydroxylation is 1. The zero-order valence-corrected chi connectivity index (χ0v) is 7.83. The standard InChI is InChI=1S/C10H16N2O/c1-7(11)2-3-8-4-5-9(13)6-10(8)12/h4-7,13H,2-3,11-12H2,1H3. The summed E-state index contributed by atoms with van der Waals surface area (Å²) in [5, 5.41) is 9.11. The maximum atomic E-state index is 9.11. The van der Waals surface area contributed by atoms with Crippen LogP contribution in [0.15, 0.2) is 18.2 Å². The molecule has 0 amide bonds. The van der Waals surface area contributed by atoms with E-state index in [0.717, 1.165) is 18.4 Å². The number of phenols is 1. The number of rotatable bonds is 3. The average molecular weight is 180 g/mol. The predicted octanol–water partition coefficient (Wildman–Crippen LogP) is 1.25. The summed E-state index contributed by atoms with van der Waals surface area (Å²) in [4.78, 5) is 0. The van der Waals surface area contributed by atoms with Crippen LogP contribution in [0.4, 0.5) is 5.69 Å². The van der Waals surface area contributed by atoms with Gasteiger partial charge in [0, 0.05) is 17.8 Å². The fraction of sp³-hybridized carbons (Fsp3) is 0.400. The Labute approximate surface area is 78.4 Å². The summed E-state index contributed by atoms with van der Waals surface area (Å²) < 4.78 is 0. The van der Waals surface area contributed by atoms with E-state index in [1.807, 2.05) is 13.0 Å². The largest absolute Gasteiger partial charge is 0.508 e. The Kier molecular flexibility index (Phi) is 3.14. The van der Waals surface area contributed by atoms with E-state index in [0.29, 0.717) is 5.69 Å². The third kappa shape index (κ3) is 2.95. The zero-order chi connectivity index (χ0) is 9.84. The van der Waals surface area contributed by atoms with Crippen molar-refractivity contribution in [1.82, 2.24) is 0 Å². The number of aromatic hydroxyl groups is 1. The molecule has 0 radical (unpaired) electrons. The molecule has 0 aromatic heterocycles. The van der Waals surface area contributed by atoms with Gasteiger partial charge in [0.05, 0.1) is 0 Å². The molecule has 0 aliphatic heterocycles. The number of phenolic OH excluding ortho intramolecular Hbond substituents is 1. The molecule has 1 rings (SSSR count). The minimum absolute atomic E-state index is 0.188. The van der Waals surface area contributed by atoms with E-state index in [1.165, 1.54) is 0 Å². The Morgan fingerprint density at radius 1 is 1.46 bits per heavy atom. The topological polar surface area (TPSA) is 72.3 Å². The van der Waals surface area contributed by atoms with E-state index < -0.39 is 0 Å². The maximum absolute atomic E-state index is 9.11. The molecule has 0 fully saturated rings. The normalized spacial score (nSPS) is 12.8. The summed E-state index contributed by atoms with van der Waals surface area (Å²) in [7, 11) is 0. The first kappa shape index (κ1) is 9.86. The fourth-order valence-corrected chi connectivity index (χ4v) is 1.19. The molecule has 0 heterocycles. The van der Waals surface area contributed by atoms with Gasteiger partial charge in [-0.2, -0.15) is 0 Å². The smallest absolute Gasteiger partial charge is 0.117 e. The van der Waals surface area contributed by atoms with Gasteiger partial charge in [0.15, 0.2) is 0 Å². The van der Waals surface area contributed by atoms with Crippen LogP contribution in [0, 0.1) is 0 Å². The summed E-state index contributed by atoms with van der Waals surface area (Å²) in [6, 6.07) is 5.24. The fourth-order valence-electron chi connectivity index (χ4n) is 1.19. The molecule has 1 unspecified atom stereocenters. The molecule has 0 spiro atoms. The quantitative estimate of drug-likeness (QED) is 0.613. The molecule has 1 aromatic rings. The van der Waals surface area contributed by atoms with Crippen LogP contribution in [-0.2, 0) is 6.42 Å². The Morgan fingerprint density at radius 3 is 2.69 bits per heavy atom. The summed E-state index contributed by atoms with van der Waals surface area (Å²) in [5.41, 5.74) is 13.0. The highest BCUT2D eigenvalue weighted by Gasteiger charge is 2.01. The number of nitrogen functional groups attached to an aromatic ring is 1. The Bertz CT molecular complexity index is 284. The molecule has 1 aromatic carbocycles. The van der Waals surface area contributed by atoms with Crippen molar-refractivity contribution in [3.63, 3.8) is 0 Å². The van der Waals surface area contributed by atoms with Gasteiger partial charge in [-0.25, -0.2) is 0 Å². The third-order valence-electron chi connectivity index (χ3n) is 2.00. The lowest BCUT2D eigenvalue weighted by molar-refractivity contribution is 0.475. The van der Waals surface area contributed by atoms with Crippen LogP contribution in [0.1, 0.15) is 18.9 Å². The van der Waals surface area contributed by atoms with E-state index in [9.17, 15) is 0 Å². The van der Waals surface area contributed by atoms with Crippen molar-refractivity contribution in [2.24, 2.45) is 5.73 Å². The highest BCUT2D eigenvalue weighted by atomic mass is 16.3. The summed E-state index contributed by atoms with van der Waals surface area (Å²) in [6.07, 6.45) is 1.78. The molecule has 0 saturated heterocycles. The van der Waals surface area contributed by atoms with Crippen molar-refractivity contribution < 1.29 is 5.11 Å². The van der Waals surface area contributed by atoms with Crippen molar-refractivity contribution in [2.75, 3.05) is 5.73 Å². The number of hydrogen-bond donors (Lipinski definition) is 3. The van der Waals surface area contributed by atoms with Crippen LogP contribution in [-0.4, -0.2) is 11.1 Å². The van der Waals surface area contributed by atoms with Crippen molar-refractivity contribution in [3.8, 4) is 5.75 Å². The second-order valence-electron chi connectivity index (χ2n) is 3.40. The molecule has 0 aliphatic carbocycles. The minimum atomic E-state index is 0.188. The SMILES string of the molecule is CC(N)CCc1ccc(O)cc1N. The lowest BCUT2D eigenvalue weighted by atomic mass is 10.0. The first-order chi connectivity index (χ1) is 6.09. The average Bonchev–Trinajstić information content (AvgIpc) is 2.02. The van der Waals surface area contributed by atoms with Crippen LogP contribution >= 0.6 is 0 Å². The molecule has 0 aliphatic rings. The predicted molar refractivity (Wildman–Crippen MR) is 54.5 cm³/mol. The van der Waals surface area contributed by atoms with Gasteiger partial charge in [0.2, 0.25) is 0 Å². The Morgan fingerprint density at radius 2 is 2.15 bits per heavy atom. The lowest BCUT2D eigenvalue weighted by Crippen LogP contribution is -2.15. The van der Waals surface area contributed by atoms with Gasteiger partial charge in [-0.3, -0.25) is 0 Å². The molecule has 5 N–H and O–H groups in total. The third-order valence-corrected chi connectivity index (χ3v) is 2.00. The summed E-state index contributed by atoms with van der Waals surface area (Å²) >= 11 is 0. The number of anilines is 1. The molecule has 1 atom stereocenters. The van der Waals surface area contributed by atoms with Crippen LogP contribution in [0.2, 0.25) is 0 Å². The van der Waals surface area contributed by atoms with Gasteiger partial charge < -0.3 is 16.6 Å². The monoisotopic (exact) mass is 180 g/mol. The summed E-state index contributed by atoms with van der Waals surface area (Å²) in [5.74, 6) is 0.210. The highest BCUT2D eigenvalue weighted by Crippen LogP contribution is 2.19. The number of hydrogen-bond acceptors (Lipinski definition) is 3. The molecule has 3 heteroatoms. The van der Waals surface area contributed by atoms with E-state index in [1.54, 1.807) is 12.1 Å². The zero-order valence-electron chi connectivity index (χ0n) is 7.83.